The molecule has 7 heteroatoms. The van der Waals surface area contributed by atoms with E-state index < -0.39 is 16.9 Å². The average Bonchev–Trinajstić information content (AvgIpc) is 1.64. The topological polar surface area (TPSA) is 0 Å². The Morgan fingerprint density at radius 2 is 1.78 bits per heavy atom. The summed E-state index contributed by atoms with van der Waals surface area (Å²) < 4.78 is 34.7. The summed E-state index contributed by atoms with van der Waals surface area (Å²) in [5.41, 5.74) is -0.701. The molecular weight excluding hydrogens is 215 g/mol. The third-order valence-electron chi connectivity index (χ3n) is 0.532. The van der Waals surface area contributed by atoms with Gasteiger partial charge in [0.2, 0.25) is 0 Å². The van der Waals surface area contributed by atoms with Crippen LogP contribution in [0.3, 0.4) is 0 Å². The van der Waals surface area contributed by atoms with Crippen LogP contribution in [0, 0.1) is 0 Å². The van der Waals surface area contributed by atoms with Crippen molar-refractivity contribution in [3.63, 3.8) is 0 Å². The lowest BCUT2D eigenvalue weighted by Crippen LogP contribution is -2.04. The van der Waals surface area contributed by atoms with Crippen LogP contribution in [0.2, 0.25) is 0 Å². The van der Waals surface area contributed by atoms with Gasteiger partial charge in [0.15, 0.2) is 5.39 Å². The van der Waals surface area contributed by atoms with E-state index in [0.717, 1.165) is 0 Å². The van der Waals surface area contributed by atoms with Crippen molar-refractivity contribution in [2.24, 2.45) is 0 Å². The Labute approximate surface area is 65.1 Å². The minimum atomic E-state index is -4.49. The summed E-state index contributed by atoms with van der Waals surface area (Å²) in [6, 6.07) is 0. The molecule has 0 fully saturated rings. The van der Waals surface area contributed by atoms with Gasteiger partial charge in [0, 0.05) is 0 Å². The smallest absolute Gasteiger partial charge is 0.165 e. The van der Waals surface area contributed by atoms with Crippen LogP contribution in [0.25, 0.3) is 0 Å². The summed E-state index contributed by atoms with van der Waals surface area (Å²) in [7, 11) is 0. The molecule has 0 aromatic rings. The van der Waals surface area contributed by atoms with E-state index >= 15 is 0 Å². The van der Waals surface area contributed by atoms with Gasteiger partial charge in [0.25, 0.3) is 0 Å². The van der Waals surface area contributed by atoms with E-state index in [1.807, 2.05) is 0 Å². The third kappa shape index (κ3) is 2.62. The van der Waals surface area contributed by atoms with Crippen molar-refractivity contribution in [1.29, 1.82) is 0 Å². The maximum atomic E-state index is 11.6. The van der Waals surface area contributed by atoms with E-state index in [2.05, 4.69) is 11.8 Å². The monoisotopic (exact) mass is 216 g/mol. The number of hydrogen-bond donors (Lipinski definition) is 0. The second kappa shape index (κ2) is 2.95. The molecule has 9 heavy (non-hydrogen) atoms. The third-order valence-corrected chi connectivity index (χ3v) is 5.41. The van der Waals surface area contributed by atoms with E-state index in [9.17, 15) is 13.2 Å². The highest BCUT2D eigenvalue weighted by Crippen LogP contribution is 2.65. The Bertz CT molecular complexity index is 143. The molecule has 0 aliphatic rings. The first-order valence-electron chi connectivity index (χ1n) is 1.73. The van der Waals surface area contributed by atoms with Crippen molar-refractivity contribution >= 4 is 40.0 Å². The zero-order valence-electron chi connectivity index (χ0n) is 3.95. The van der Waals surface area contributed by atoms with Crippen LogP contribution in [0.4, 0.5) is 13.2 Å². The van der Waals surface area contributed by atoms with Gasteiger partial charge in [0.05, 0.1) is 5.62 Å². The minimum Gasteiger partial charge on any atom is -0.165 e. The fourth-order valence-electron chi connectivity index (χ4n) is 0.0678. The summed E-state index contributed by atoms with van der Waals surface area (Å²) in [6.45, 7) is 0. The molecular formula is C2H2Cl2F3PS. The Balaban J connectivity index is 4.35. The van der Waals surface area contributed by atoms with Crippen LogP contribution in [0.15, 0.2) is 0 Å². The van der Waals surface area contributed by atoms with Crippen molar-refractivity contribution in [2.45, 2.75) is 5.92 Å². The minimum absolute atomic E-state index is 0.701. The lowest BCUT2D eigenvalue weighted by atomic mass is 11.5. The molecule has 0 nitrogen and oxygen atoms in total. The zero-order chi connectivity index (χ0) is 7.71. The Kier molecular flexibility index (Phi) is 3.29. The SMILES string of the molecule is FC(F)(F)P(=S)(Cl)CCl. The lowest BCUT2D eigenvalue weighted by Gasteiger charge is -2.13. The first kappa shape index (κ1) is 10.0. The molecule has 0 amide bonds. The number of halogens is 5. The summed E-state index contributed by atoms with van der Waals surface area (Å²) >= 11 is 13.7. The molecule has 0 aromatic heterocycles. The second-order valence-electron chi connectivity index (χ2n) is 1.24. The normalized spacial score (nSPS) is 19.2. The highest BCUT2D eigenvalue weighted by Gasteiger charge is 2.44. The molecule has 56 valence electrons. The van der Waals surface area contributed by atoms with Crippen molar-refractivity contribution in [1.82, 2.24) is 0 Å². The number of hydrogen-bond acceptors (Lipinski definition) is 1. The molecule has 0 saturated heterocycles. The molecule has 0 rings (SSSR count). The molecule has 1 unspecified atom stereocenters. The molecule has 0 heterocycles. The van der Waals surface area contributed by atoms with E-state index in [-0.39, 0.29) is 0 Å². The highest BCUT2D eigenvalue weighted by molar-refractivity contribution is 8.28. The predicted octanol–water partition coefficient (Wildman–Crippen LogP) is 3.34. The van der Waals surface area contributed by atoms with Crippen LogP contribution < -0.4 is 0 Å². The van der Waals surface area contributed by atoms with Gasteiger partial charge in [-0.1, -0.05) is 23.0 Å². The standard InChI is InChI=1S/C2H2Cl2F3PS/c3-1-8(4,9)2(5,6)7/h1H2. The van der Waals surface area contributed by atoms with Crippen LogP contribution in [0.1, 0.15) is 0 Å². The quantitative estimate of drug-likeness (QED) is 0.479. The van der Waals surface area contributed by atoms with Crippen molar-refractivity contribution in [3.05, 3.63) is 0 Å². The molecule has 0 aliphatic heterocycles. The summed E-state index contributed by atoms with van der Waals surface area (Å²) in [5.74, 6) is -4.49. The maximum absolute atomic E-state index is 11.6. The van der Waals surface area contributed by atoms with Gasteiger partial charge in [-0.15, -0.1) is 11.6 Å². The molecule has 0 radical (unpaired) electrons. The molecule has 0 N–H and O–H groups in total. The van der Waals surface area contributed by atoms with Gasteiger partial charge in [0.1, 0.15) is 0 Å². The van der Waals surface area contributed by atoms with E-state index in [0.29, 0.717) is 0 Å². The Morgan fingerprint density at radius 3 is 1.78 bits per heavy atom. The van der Waals surface area contributed by atoms with E-state index in [4.69, 9.17) is 22.8 Å². The van der Waals surface area contributed by atoms with Gasteiger partial charge in [-0.25, -0.2) is 0 Å². The second-order valence-corrected chi connectivity index (χ2v) is 8.21. The molecule has 0 aliphatic carbocycles. The van der Waals surface area contributed by atoms with Gasteiger partial charge in [-0.2, -0.15) is 13.2 Å². The first-order chi connectivity index (χ1) is 3.81. The lowest BCUT2D eigenvalue weighted by molar-refractivity contribution is -0.0384. The van der Waals surface area contributed by atoms with E-state index in [1.165, 1.54) is 0 Å². The summed E-state index contributed by atoms with van der Waals surface area (Å²) in [5, 5.41) is -3.79. The van der Waals surface area contributed by atoms with Gasteiger partial charge in [-0.05, 0) is 0 Å². The summed E-state index contributed by atoms with van der Waals surface area (Å²) in [6.07, 6.45) is 0. The highest BCUT2D eigenvalue weighted by atomic mass is 35.7. The average molecular weight is 217 g/mol. The molecule has 0 bridgehead atoms. The summed E-state index contributed by atoms with van der Waals surface area (Å²) in [4.78, 5) is 0. The molecule has 0 aromatic carbocycles. The zero-order valence-corrected chi connectivity index (χ0v) is 7.18. The molecule has 0 saturated carbocycles. The van der Waals surface area contributed by atoms with Crippen LogP contribution >= 0.6 is 28.2 Å². The van der Waals surface area contributed by atoms with Crippen molar-refractivity contribution in [2.75, 3.05) is 5.62 Å². The van der Waals surface area contributed by atoms with Crippen molar-refractivity contribution < 1.29 is 13.2 Å². The number of rotatable bonds is 1. The van der Waals surface area contributed by atoms with Gasteiger partial charge >= 0.3 is 5.92 Å². The maximum Gasteiger partial charge on any atom is 0.428 e. The van der Waals surface area contributed by atoms with Crippen LogP contribution in [0.5, 0.6) is 0 Å². The Hall–Kier alpha value is 1.02. The number of alkyl halides is 4. The van der Waals surface area contributed by atoms with Crippen LogP contribution in [-0.4, -0.2) is 11.5 Å². The van der Waals surface area contributed by atoms with Crippen molar-refractivity contribution in [3.8, 4) is 0 Å². The first-order valence-corrected chi connectivity index (χ1v) is 6.15. The van der Waals surface area contributed by atoms with E-state index in [1.54, 1.807) is 0 Å². The Morgan fingerprint density at radius 1 is 1.44 bits per heavy atom. The molecule has 1 atom stereocenters. The predicted molar refractivity (Wildman–Crippen MR) is 36.9 cm³/mol. The van der Waals surface area contributed by atoms with Gasteiger partial charge in [-0.3, -0.25) is 0 Å². The largest absolute Gasteiger partial charge is 0.428 e. The van der Waals surface area contributed by atoms with Gasteiger partial charge < -0.3 is 0 Å². The van der Waals surface area contributed by atoms with Crippen LogP contribution in [-0.2, 0) is 11.8 Å². The molecule has 0 spiro atoms. The fraction of sp³-hybridized carbons (Fsp3) is 1.00. The fourth-order valence-corrected chi connectivity index (χ4v) is 0.610.